The van der Waals surface area contributed by atoms with Crippen LogP contribution in [-0.2, 0) is 0 Å². The Morgan fingerprint density at radius 2 is 1.73 bits per heavy atom. The zero-order valence-corrected chi connectivity index (χ0v) is 16.3. The minimum absolute atomic E-state index is 0.232. The first-order valence-electron chi connectivity index (χ1n) is 9.06. The van der Waals surface area contributed by atoms with Crippen LogP contribution in [0.15, 0.2) is 71.5 Å². The van der Waals surface area contributed by atoms with Crippen molar-refractivity contribution in [3.8, 4) is 34.3 Å². The summed E-state index contributed by atoms with van der Waals surface area (Å²) in [5.74, 6) is 1.76. The molecule has 0 radical (unpaired) electrons. The van der Waals surface area contributed by atoms with Crippen molar-refractivity contribution >= 4 is 11.6 Å². The maximum absolute atomic E-state index is 12.2. The molecule has 0 saturated carbocycles. The van der Waals surface area contributed by atoms with Crippen LogP contribution in [0.2, 0.25) is 0 Å². The summed E-state index contributed by atoms with van der Waals surface area (Å²) in [5, 5.41) is 6.87. The summed E-state index contributed by atoms with van der Waals surface area (Å²) >= 11 is 0. The number of pyridine rings is 1. The Kier molecular flexibility index (Phi) is 5.38. The molecule has 0 spiro atoms. The van der Waals surface area contributed by atoms with Crippen LogP contribution in [0, 0.1) is 0 Å². The van der Waals surface area contributed by atoms with E-state index in [0.717, 1.165) is 11.1 Å². The van der Waals surface area contributed by atoms with Crippen molar-refractivity contribution in [3.05, 3.63) is 72.6 Å². The van der Waals surface area contributed by atoms with Gasteiger partial charge in [0.25, 0.3) is 11.8 Å². The van der Waals surface area contributed by atoms with Gasteiger partial charge in [-0.1, -0.05) is 5.16 Å². The second-order valence-corrected chi connectivity index (χ2v) is 6.27. The Labute approximate surface area is 172 Å². The predicted molar refractivity (Wildman–Crippen MR) is 110 cm³/mol. The second kappa shape index (κ2) is 8.44. The van der Waals surface area contributed by atoms with Gasteiger partial charge >= 0.3 is 0 Å². The molecule has 0 aliphatic carbocycles. The van der Waals surface area contributed by atoms with Crippen molar-refractivity contribution < 1.29 is 18.8 Å². The molecule has 0 fully saturated rings. The first kappa shape index (κ1) is 19.1. The fraction of sp³-hybridized carbons (Fsp3) is 0.0909. The molecule has 2 heterocycles. The van der Waals surface area contributed by atoms with Gasteiger partial charge in [-0.05, 0) is 54.6 Å². The molecular weight excluding hydrogens is 384 g/mol. The van der Waals surface area contributed by atoms with Crippen LogP contribution >= 0.6 is 0 Å². The van der Waals surface area contributed by atoms with E-state index in [1.54, 1.807) is 68.9 Å². The lowest BCUT2D eigenvalue weighted by atomic mass is 10.2. The van der Waals surface area contributed by atoms with Crippen LogP contribution in [0.4, 0.5) is 5.69 Å². The summed E-state index contributed by atoms with van der Waals surface area (Å²) < 4.78 is 16.0. The van der Waals surface area contributed by atoms with Crippen LogP contribution in [0.3, 0.4) is 0 Å². The number of hydrogen-bond acceptors (Lipinski definition) is 7. The van der Waals surface area contributed by atoms with Gasteiger partial charge in [-0.3, -0.25) is 9.78 Å². The number of hydrogen-bond donors (Lipinski definition) is 1. The van der Waals surface area contributed by atoms with Gasteiger partial charge < -0.3 is 19.3 Å². The Hall–Kier alpha value is -4.20. The SMILES string of the molecule is COc1ccc(-c2noc(-c3ccc(NC(=O)c4cccnc4)cc3)n2)cc1OC. The Morgan fingerprint density at radius 3 is 2.43 bits per heavy atom. The van der Waals surface area contributed by atoms with E-state index in [9.17, 15) is 4.79 Å². The second-order valence-electron chi connectivity index (χ2n) is 6.27. The first-order chi connectivity index (χ1) is 14.7. The van der Waals surface area contributed by atoms with Crippen molar-refractivity contribution in [2.75, 3.05) is 19.5 Å². The van der Waals surface area contributed by atoms with Crippen molar-refractivity contribution in [2.45, 2.75) is 0 Å². The lowest BCUT2D eigenvalue weighted by Crippen LogP contribution is -2.11. The first-order valence-corrected chi connectivity index (χ1v) is 9.06. The number of carbonyl (C=O) groups excluding carboxylic acids is 1. The lowest BCUT2D eigenvalue weighted by Gasteiger charge is -2.07. The van der Waals surface area contributed by atoms with E-state index in [0.29, 0.717) is 34.5 Å². The van der Waals surface area contributed by atoms with Crippen molar-refractivity contribution in [1.29, 1.82) is 0 Å². The van der Waals surface area contributed by atoms with Gasteiger partial charge in [-0.2, -0.15) is 4.98 Å². The maximum Gasteiger partial charge on any atom is 0.258 e. The van der Waals surface area contributed by atoms with E-state index in [1.165, 1.54) is 6.20 Å². The molecule has 2 aromatic carbocycles. The summed E-state index contributed by atoms with van der Waals surface area (Å²) in [5.41, 5.74) is 2.60. The third-order valence-corrected chi connectivity index (χ3v) is 4.38. The van der Waals surface area contributed by atoms with E-state index < -0.39 is 0 Å². The summed E-state index contributed by atoms with van der Waals surface area (Å²) in [4.78, 5) is 20.6. The van der Waals surface area contributed by atoms with Gasteiger partial charge in [0.1, 0.15) is 0 Å². The molecule has 0 bridgehead atoms. The largest absolute Gasteiger partial charge is 0.493 e. The van der Waals surface area contributed by atoms with Crippen LogP contribution in [0.1, 0.15) is 10.4 Å². The third kappa shape index (κ3) is 3.97. The molecule has 8 nitrogen and oxygen atoms in total. The standard InChI is InChI=1S/C22H18N4O4/c1-28-18-10-7-15(12-19(18)29-2)20-25-22(30-26-20)14-5-8-17(9-6-14)24-21(27)16-4-3-11-23-13-16/h3-13H,1-2H3,(H,24,27). The highest BCUT2D eigenvalue weighted by Gasteiger charge is 2.14. The quantitative estimate of drug-likeness (QED) is 0.519. The minimum Gasteiger partial charge on any atom is -0.493 e. The predicted octanol–water partition coefficient (Wildman–Crippen LogP) is 4.07. The fourth-order valence-corrected chi connectivity index (χ4v) is 2.83. The summed E-state index contributed by atoms with van der Waals surface area (Å²) in [7, 11) is 3.14. The van der Waals surface area contributed by atoms with Gasteiger partial charge in [0.05, 0.1) is 19.8 Å². The summed E-state index contributed by atoms with van der Waals surface area (Å²) in [6.07, 6.45) is 3.13. The molecule has 0 unspecified atom stereocenters. The van der Waals surface area contributed by atoms with E-state index in [4.69, 9.17) is 14.0 Å². The number of anilines is 1. The highest BCUT2D eigenvalue weighted by atomic mass is 16.5. The Balaban J connectivity index is 1.51. The zero-order chi connectivity index (χ0) is 20.9. The normalized spacial score (nSPS) is 10.5. The molecule has 8 heteroatoms. The number of carbonyl (C=O) groups is 1. The average Bonchev–Trinajstić information content (AvgIpc) is 3.30. The molecule has 2 aromatic heterocycles. The van der Waals surface area contributed by atoms with Crippen LogP contribution in [-0.4, -0.2) is 35.3 Å². The minimum atomic E-state index is -0.232. The fourth-order valence-electron chi connectivity index (χ4n) is 2.83. The zero-order valence-electron chi connectivity index (χ0n) is 16.3. The number of rotatable bonds is 6. The highest BCUT2D eigenvalue weighted by molar-refractivity contribution is 6.04. The number of methoxy groups -OCH3 is 2. The molecule has 1 amide bonds. The van der Waals surface area contributed by atoms with Crippen molar-refractivity contribution in [1.82, 2.24) is 15.1 Å². The topological polar surface area (TPSA) is 99.4 Å². The Morgan fingerprint density at radius 1 is 0.967 bits per heavy atom. The smallest absolute Gasteiger partial charge is 0.258 e. The number of amides is 1. The average molecular weight is 402 g/mol. The van der Waals surface area contributed by atoms with E-state index in [1.807, 2.05) is 6.07 Å². The van der Waals surface area contributed by atoms with E-state index >= 15 is 0 Å². The van der Waals surface area contributed by atoms with E-state index in [-0.39, 0.29) is 5.91 Å². The number of nitrogens with zero attached hydrogens (tertiary/aromatic N) is 3. The molecular formula is C22H18N4O4. The van der Waals surface area contributed by atoms with Gasteiger partial charge in [-0.15, -0.1) is 0 Å². The monoisotopic (exact) mass is 402 g/mol. The number of aromatic nitrogens is 3. The molecule has 1 N–H and O–H groups in total. The molecule has 4 rings (SSSR count). The van der Waals surface area contributed by atoms with Gasteiger partial charge in [0.15, 0.2) is 11.5 Å². The Bertz CT molecular complexity index is 1160. The van der Waals surface area contributed by atoms with Gasteiger partial charge in [0.2, 0.25) is 5.82 Å². The molecule has 30 heavy (non-hydrogen) atoms. The molecule has 150 valence electrons. The van der Waals surface area contributed by atoms with Crippen LogP contribution in [0.25, 0.3) is 22.8 Å². The number of nitrogens with one attached hydrogen (secondary N) is 1. The summed E-state index contributed by atoms with van der Waals surface area (Å²) in [6.45, 7) is 0. The van der Waals surface area contributed by atoms with E-state index in [2.05, 4.69) is 20.4 Å². The third-order valence-electron chi connectivity index (χ3n) is 4.38. The van der Waals surface area contributed by atoms with Gasteiger partial charge in [-0.25, -0.2) is 0 Å². The number of benzene rings is 2. The highest BCUT2D eigenvalue weighted by Crippen LogP contribution is 2.32. The van der Waals surface area contributed by atoms with Crippen LogP contribution < -0.4 is 14.8 Å². The molecule has 0 aliphatic heterocycles. The lowest BCUT2D eigenvalue weighted by molar-refractivity contribution is 0.102. The summed E-state index contributed by atoms with van der Waals surface area (Å²) in [6, 6.07) is 15.9. The van der Waals surface area contributed by atoms with Crippen molar-refractivity contribution in [3.63, 3.8) is 0 Å². The molecule has 0 aliphatic rings. The number of ether oxygens (including phenoxy) is 2. The molecule has 0 saturated heterocycles. The maximum atomic E-state index is 12.2. The molecule has 4 aromatic rings. The van der Waals surface area contributed by atoms with Gasteiger partial charge in [0, 0.05) is 29.2 Å². The molecule has 0 atom stereocenters. The van der Waals surface area contributed by atoms with Crippen LogP contribution in [0.5, 0.6) is 11.5 Å². The van der Waals surface area contributed by atoms with Crippen molar-refractivity contribution in [2.24, 2.45) is 0 Å².